The highest BCUT2D eigenvalue weighted by Gasteiger charge is 2.60. The number of benzene rings is 2. The van der Waals surface area contributed by atoms with E-state index in [2.05, 4.69) is 15.3 Å². The second kappa shape index (κ2) is 7.40. The number of anilines is 1. The van der Waals surface area contributed by atoms with Crippen molar-refractivity contribution in [1.29, 1.82) is 0 Å². The summed E-state index contributed by atoms with van der Waals surface area (Å²) in [5, 5.41) is 15.5. The zero-order valence-corrected chi connectivity index (χ0v) is 14.2. The van der Waals surface area contributed by atoms with E-state index >= 15 is 0 Å². The molecule has 2 aromatic carbocycles. The molecule has 142 valence electrons. The van der Waals surface area contributed by atoms with Gasteiger partial charge in [0.25, 0.3) is 0 Å². The van der Waals surface area contributed by atoms with E-state index in [1.165, 1.54) is 12.1 Å². The van der Waals surface area contributed by atoms with Gasteiger partial charge in [0.2, 0.25) is 5.91 Å². The fourth-order valence-corrected chi connectivity index (χ4v) is 2.60. The van der Waals surface area contributed by atoms with E-state index in [4.69, 9.17) is 0 Å². The maximum atomic E-state index is 12.7. The number of alkyl halides is 3. The number of rotatable bonds is 5. The van der Waals surface area contributed by atoms with Crippen LogP contribution in [0.15, 0.2) is 59.8 Å². The number of oxime groups is 1. The van der Waals surface area contributed by atoms with Crippen molar-refractivity contribution >= 4 is 17.3 Å². The minimum Gasteiger partial charge on any atom is -0.350 e. The Hall–Kier alpha value is -2.87. The van der Waals surface area contributed by atoms with Crippen molar-refractivity contribution in [3.05, 3.63) is 65.7 Å². The quantitative estimate of drug-likeness (QED) is 0.835. The molecule has 0 saturated carbocycles. The highest BCUT2D eigenvalue weighted by Crippen LogP contribution is 2.38. The molecule has 1 amide bonds. The summed E-state index contributed by atoms with van der Waals surface area (Å²) in [6.07, 6.45) is -4.82. The summed E-state index contributed by atoms with van der Waals surface area (Å²) in [5.41, 5.74) is 1.93. The molecule has 2 aromatic rings. The lowest BCUT2D eigenvalue weighted by Gasteiger charge is -2.22. The highest BCUT2D eigenvalue weighted by molar-refractivity contribution is 6.02. The molecule has 1 aliphatic rings. The molecule has 1 heterocycles. The van der Waals surface area contributed by atoms with Crippen molar-refractivity contribution in [3.63, 3.8) is 0 Å². The minimum atomic E-state index is -4.94. The summed E-state index contributed by atoms with van der Waals surface area (Å²) in [6.45, 7) is 0. The summed E-state index contributed by atoms with van der Waals surface area (Å²) < 4.78 is 38.2. The SMILES string of the molecule is O=C(CCc1ccccc1)Nc1ccc(C2=NOC(O)(C(F)(F)F)C2)cc1. The number of carbonyl (C=O) groups excluding carboxylic acids is 1. The normalized spacial score (nSPS) is 19.3. The molecule has 1 unspecified atom stereocenters. The summed E-state index contributed by atoms with van der Waals surface area (Å²) in [7, 11) is 0. The van der Waals surface area contributed by atoms with Crippen LogP contribution in [0.4, 0.5) is 18.9 Å². The van der Waals surface area contributed by atoms with Gasteiger partial charge in [-0.2, -0.15) is 13.2 Å². The first-order valence-electron chi connectivity index (χ1n) is 8.25. The predicted molar refractivity (Wildman–Crippen MR) is 93.1 cm³/mol. The van der Waals surface area contributed by atoms with Gasteiger partial charge in [-0.25, -0.2) is 0 Å². The van der Waals surface area contributed by atoms with E-state index in [9.17, 15) is 23.1 Å². The Kier molecular flexibility index (Phi) is 5.18. The Balaban J connectivity index is 1.56. The molecule has 5 nitrogen and oxygen atoms in total. The topological polar surface area (TPSA) is 70.9 Å². The number of hydrogen-bond acceptors (Lipinski definition) is 4. The molecule has 1 atom stereocenters. The Bertz CT molecular complexity index is 836. The van der Waals surface area contributed by atoms with Crippen molar-refractivity contribution in [2.24, 2.45) is 5.16 Å². The molecular formula is C19H17F3N2O3. The third kappa shape index (κ3) is 4.46. The molecule has 27 heavy (non-hydrogen) atoms. The first-order chi connectivity index (χ1) is 12.8. The van der Waals surface area contributed by atoms with Gasteiger partial charge < -0.3 is 15.3 Å². The van der Waals surface area contributed by atoms with Gasteiger partial charge >= 0.3 is 12.0 Å². The summed E-state index contributed by atoms with van der Waals surface area (Å²) in [6, 6.07) is 15.7. The van der Waals surface area contributed by atoms with Crippen LogP contribution in [0.1, 0.15) is 24.0 Å². The largest absolute Gasteiger partial charge is 0.458 e. The number of aliphatic hydroxyl groups is 1. The van der Waals surface area contributed by atoms with Crippen LogP contribution in [0.5, 0.6) is 0 Å². The zero-order chi connectivity index (χ0) is 19.5. The lowest BCUT2D eigenvalue weighted by Crippen LogP contribution is -2.45. The Morgan fingerprint density at radius 2 is 1.81 bits per heavy atom. The Labute approximate surface area is 153 Å². The standard InChI is InChI=1S/C19H17F3N2O3/c20-19(21,22)18(26)12-16(24-27-18)14-7-9-15(10-8-14)23-17(25)11-6-13-4-2-1-3-5-13/h1-5,7-10,26H,6,11-12H2,(H,23,25). The van der Waals surface area contributed by atoms with Crippen molar-refractivity contribution in [2.75, 3.05) is 5.32 Å². The highest BCUT2D eigenvalue weighted by atomic mass is 19.4. The third-order valence-corrected chi connectivity index (χ3v) is 4.14. The zero-order valence-electron chi connectivity index (χ0n) is 14.2. The van der Waals surface area contributed by atoms with E-state index in [1.807, 2.05) is 30.3 Å². The van der Waals surface area contributed by atoms with Gasteiger partial charge in [-0.1, -0.05) is 47.6 Å². The third-order valence-electron chi connectivity index (χ3n) is 4.14. The first kappa shape index (κ1) is 18.9. The second-order valence-corrected chi connectivity index (χ2v) is 6.20. The Morgan fingerprint density at radius 3 is 2.41 bits per heavy atom. The molecule has 1 aliphatic heterocycles. The molecular weight excluding hydrogens is 361 g/mol. The van der Waals surface area contributed by atoms with Crippen LogP contribution >= 0.6 is 0 Å². The van der Waals surface area contributed by atoms with Gasteiger partial charge in [0, 0.05) is 12.1 Å². The molecule has 0 saturated heterocycles. The van der Waals surface area contributed by atoms with Crippen LogP contribution in [-0.4, -0.2) is 28.7 Å². The lowest BCUT2D eigenvalue weighted by molar-refractivity contribution is -0.355. The van der Waals surface area contributed by atoms with E-state index < -0.39 is 18.4 Å². The second-order valence-electron chi connectivity index (χ2n) is 6.20. The maximum Gasteiger partial charge on any atom is 0.458 e. The van der Waals surface area contributed by atoms with Crippen LogP contribution in [-0.2, 0) is 16.1 Å². The van der Waals surface area contributed by atoms with Gasteiger partial charge in [-0.05, 0) is 29.7 Å². The monoisotopic (exact) mass is 378 g/mol. The number of nitrogens with zero attached hydrogens (tertiary/aromatic N) is 1. The average molecular weight is 378 g/mol. The molecule has 0 fully saturated rings. The molecule has 0 aromatic heterocycles. The number of aryl methyl sites for hydroxylation is 1. The lowest BCUT2D eigenvalue weighted by atomic mass is 10.0. The van der Waals surface area contributed by atoms with Gasteiger partial charge in [0.15, 0.2) is 0 Å². The molecule has 8 heteroatoms. The van der Waals surface area contributed by atoms with E-state index in [0.29, 0.717) is 24.1 Å². The molecule has 0 radical (unpaired) electrons. The van der Waals surface area contributed by atoms with Crippen molar-refractivity contribution in [2.45, 2.75) is 31.2 Å². The molecule has 2 N–H and O–H groups in total. The predicted octanol–water partition coefficient (Wildman–Crippen LogP) is 3.63. The summed E-state index contributed by atoms with van der Waals surface area (Å²) in [4.78, 5) is 16.2. The molecule has 0 bridgehead atoms. The van der Waals surface area contributed by atoms with Gasteiger partial charge in [-0.3, -0.25) is 4.79 Å². The van der Waals surface area contributed by atoms with E-state index in [-0.39, 0.29) is 11.6 Å². The van der Waals surface area contributed by atoms with Crippen LogP contribution < -0.4 is 5.32 Å². The summed E-state index contributed by atoms with van der Waals surface area (Å²) >= 11 is 0. The number of amides is 1. The molecule has 0 aliphatic carbocycles. The number of hydrogen-bond donors (Lipinski definition) is 2. The van der Waals surface area contributed by atoms with Crippen molar-refractivity contribution in [1.82, 2.24) is 0 Å². The molecule has 0 spiro atoms. The smallest absolute Gasteiger partial charge is 0.350 e. The number of halogens is 3. The van der Waals surface area contributed by atoms with Gasteiger partial charge in [0.05, 0.1) is 12.1 Å². The van der Waals surface area contributed by atoms with Gasteiger partial charge in [-0.15, -0.1) is 0 Å². The summed E-state index contributed by atoms with van der Waals surface area (Å²) in [5.74, 6) is -3.47. The first-order valence-corrected chi connectivity index (χ1v) is 8.25. The average Bonchev–Trinajstić information content (AvgIpc) is 3.05. The number of nitrogens with one attached hydrogen (secondary N) is 1. The Morgan fingerprint density at radius 1 is 1.15 bits per heavy atom. The van der Waals surface area contributed by atoms with Crippen LogP contribution in [0.25, 0.3) is 0 Å². The minimum absolute atomic E-state index is 0.0169. The van der Waals surface area contributed by atoms with Crippen molar-refractivity contribution in [3.8, 4) is 0 Å². The number of carbonyl (C=O) groups is 1. The van der Waals surface area contributed by atoms with Crippen LogP contribution in [0.2, 0.25) is 0 Å². The van der Waals surface area contributed by atoms with Crippen molar-refractivity contribution < 1.29 is 27.9 Å². The maximum absolute atomic E-state index is 12.7. The van der Waals surface area contributed by atoms with E-state index in [1.54, 1.807) is 12.1 Å². The fraction of sp³-hybridized carbons (Fsp3) is 0.263. The van der Waals surface area contributed by atoms with E-state index in [0.717, 1.165) is 5.56 Å². The van der Waals surface area contributed by atoms with Crippen LogP contribution in [0.3, 0.4) is 0 Å². The van der Waals surface area contributed by atoms with Crippen LogP contribution in [0, 0.1) is 0 Å². The molecule has 3 rings (SSSR count). The van der Waals surface area contributed by atoms with Gasteiger partial charge in [0.1, 0.15) is 0 Å². The fourth-order valence-electron chi connectivity index (χ4n) is 2.60.